The Kier molecular flexibility index (Phi) is 4.56. The molecule has 116 valence electrons. The van der Waals surface area contributed by atoms with Crippen LogP contribution in [0, 0.1) is 17.2 Å². The Morgan fingerprint density at radius 2 is 2.23 bits per heavy atom. The van der Waals surface area contributed by atoms with E-state index in [0.29, 0.717) is 24.5 Å². The van der Waals surface area contributed by atoms with Crippen LogP contribution in [0.5, 0.6) is 0 Å². The molecule has 0 aromatic heterocycles. The van der Waals surface area contributed by atoms with E-state index in [1.54, 1.807) is 6.07 Å². The van der Waals surface area contributed by atoms with Crippen molar-refractivity contribution in [1.82, 2.24) is 5.32 Å². The molecule has 0 radical (unpaired) electrons. The summed E-state index contributed by atoms with van der Waals surface area (Å²) in [6, 6.07) is 7.78. The van der Waals surface area contributed by atoms with Gasteiger partial charge in [-0.3, -0.25) is 4.79 Å². The molecule has 22 heavy (non-hydrogen) atoms. The fraction of sp³-hybridized carbons (Fsp3) is 0.500. The number of nitrogens with zero attached hydrogens (tertiary/aromatic N) is 2. The van der Waals surface area contributed by atoms with Crippen LogP contribution in [0.2, 0.25) is 0 Å². The first-order chi connectivity index (χ1) is 10.8. The Morgan fingerprint density at radius 3 is 2.91 bits per heavy atom. The third-order valence-electron chi connectivity index (χ3n) is 4.14. The smallest absolute Gasteiger partial charge is 0.229 e. The minimum absolute atomic E-state index is 0.0312. The number of piperazine rings is 1. The van der Waals surface area contributed by atoms with E-state index in [0.717, 1.165) is 38.3 Å². The topological polar surface area (TPSA) is 77.4 Å². The van der Waals surface area contributed by atoms with E-state index in [2.05, 4.69) is 21.6 Å². The molecule has 0 saturated carbocycles. The summed E-state index contributed by atoms with van der Waals surface area (Å²) in [5, 5.41) is 15.6. The zero-order valence-electron chi connectivity index (χ0n) is 12.5. The number of rotatable bonds is 3. The van der Waals surface area contributed by atoms with Crippen LogP contribution in [0.1, 0.15) is 12.0 Å². The molecule has 2 aliphatic rings. The standard InChI is InChI=1S/C16H20N4O2/c17-10-13-9-14(19-16(21)12-3-8-22-11-12)1-2-15(13)20-6-4-18-5-7-20/h1-2,9,12,18H,3-8,11H2,(H,19,21). The highest BCUT2D eigenvalue weighted by Crippen LogP contribution is 2.25. The van der Waals surface area contributed by atoms with Gasteiger partial charge in [-0.2, -0.15) is 5.26 Å². The average molecular weight is 300 g/mol. The Bertz CT molecular complexity index is 584. The summed E-state index contributed by atoms with van der Waals surface area (Å²) in [5.74, 6) is -0.116. The van der Waals surface area contributed by atoms with Crippen LogP contribution in [0.15, 0.2) is 18.2 Å². The van der Waals surface area contributed by atoms with Gasteiger partial charge in [0.15, 0.2) is 0 Å². The van der Waals surface area contributed by atoms with Crippen molar-refractivity contribution in [3.05, 3.63) is 23.8 Å². The summed E-state index contributed by atoms with van der Waals surface area (Å²) >= 11 is 0. The molecule has 2 saturated heterocycles. The largest absolute Gasteiger partial charge is 0.381 e. The van der Waals surface area contributed by atoms with Crippen LogP contribution in [0.4, 0.5) is 11.4 Å². The fourth-order valence-corrected chi connectivity index (χ4v) is 2.87. The molecule has 1 amide bonds. The van der Waals surface area contributed by atoms with E-state index < -0.39 is 0 Å². The Labute approximate surface area is 130 Å². The molecule has 0 spiro atoms. The second-order valence-electron chi connectivity index (χ2n) is 5.63. The zero-order valence-corrected chi connectivity index (χ0v) is 12.5. The van der Waals surface area contributed by atoms with Crippen LogP contribution in [-0.2, 0) is 9.53 Å². The first-order valence-electron chi connectivity index (χ1n) is 7.66. The number of hydrogen-bond donors (Lipinski definition) is 2. The number of carbonyl (C=O) groups excluding carboxylic acids is 1. The summed E-state index contributed by atoms with van der Waals surface area (Å²) < 4.78 is 5.23. The third-order valence-corrected chi connectivity index (χ3v) is 4.14. The van der Waals surface area contributed by atoms with E-state index in [-0.39, 0.29) is 11.8 Å². The van der Waals surface area contributed by atoms with Crippen molar-refractivity contribution in [2.45, 2.75) is 6.42 Å². The summed E-state index contributed by atoms with van der Waals surface area (Å²) in [6.45, 7) is 4.74. The number of anilines is 2. The molecule has 6 nitrogen and oxygen atoms in total. The number of nitrogens with one attached hydrogen (secondary N) is 2. The number of amides is 1. The molecular weight excluding hydrogens is 280 g/mol. The molecule has 3 rings (SSSR count). The van der Waals surface area contributed by atoms with Crippen molar-refractivity contribution in [1.29, 1.82) is 5.26 Å². The Hall–Kier alpha value is -2.10. The molecular formula is C16H20N4O2. The monoisotopic (exact) mass is 300 g/mol. The zero-order chi connectivity index (χ0) is 15.4. The van der Waals surface area contributed by atoms with Gasteiger partial charge in [0.05, 0.1) is 23.8 Å². The SMILES string of the molecule is N#Cc1cc(NC(=O)C2CCOC2)ccc1N1CCNCC1. The van der Waals surface area contributed by atoms with E-state index in [1.165, 1.54) is 0 Å². The van der Waals surface area contributed by atoms with Crippen LogP contribution in [0.25, 0.3) is 0 Å². The van der Waals surface area contributed by atoms with Crippen LogP contribution >= 0.6 is 0 Å². The van der Waals surface area contributed by atoms with Crippen molar-refractivity contribution in [3.63, 3.8) is 0 Å². The van der Waals surface area contributed by atoms with Crippen molar-refractivity contribution < 1.29 is 9.53 Å². The minimum Gasteiger partial charge on any atom is -0.381 e. The maximum atomic E-state index is 12.1. The van der Waals surface area contributed by atoms with Crippen molar-refractivity contribution >= 4 is 17.3 Å². The summed E-state index contributed by atoms with van der Waals surface area (Å²) in [4.78, 5) is 14.3. The molecule has 0 aliphatic carbocycles. The average Bonchev–Trinajstić information content (AvgIpc) is 3.10. The molecule has 1 atom stereocenters. The van der Waals surface area contributed by atoms with E-state index >= 15 is 0 Å². The predicted molar refractivity (Wildman–Crippen MR) is 83.8 cm³/mol. The summed E-state index contributed by atoms with van der Waals surface area (Å²) in [5.41, 5.74) is 2.21. The number of benzene rings is 1. The lowest BCUT2D eigenvalue weighted by Gasteiger charge is -2.30. The first-order valence-corrected chi connectivity index (χ1v) is 7.66. The van der Waals surface area contributed by atoms with Gasteiger partial charge in [-0.05, 0) is 24.6 Å². The second-order valence-corrected chi connectivity index (χ2v) is 5.63. The third kappa shape index (κ3) is 3.21. The highest BCUT2D eigenvalue weighted by atomic mass is 16.5. The summed E-state index contributed by atoms with van der Waals surface area (Å²) in [7, 11) is 0. The second kappa shape index (κ2) is 6.77. The highest BCUT2D eigenvalue weighted by molar-refractivity contribution is 5.93. The molecule has 0 bridgehead atoms. The molecule has 2 fully saturated rings. The molecule has 2 heterocycles. The van der Waals surface area contributed by atoms with E-state index in [9.17, 15) is 10.1 Å². The molecule has 6 heteroatoms. The van der Waals surface area contributed by atoms with Gasteiger partial charge in [0.25, 0.3) is 0 Å². The number of nitriles is 1. The molecule has 1 aromatic rings. The quantitative estimate of drug-likeness (QED) is 0.869. The van der Waals surface area contributed by atoms with Gasteiger partial charge in [-0.1, -0.05) is 0 Å². The normalized spacial score (nSPS) is 21.4. The first kappa shape index (κ1) is 14.8. The highest BCUT2D eigenvalue weighted by Gasteiger charge is 2.24. The van der Waals surface area contributed by atoms with Crippen LogP contribution in [0.3, 0.4) is 0 Å². The predicted octanol–water partition coefficient (Wildman–Crippen LogP) is 0.943. The van der Waals surface area contributed by atoms with Gasteiger partial charge in [0.2, 0.25) is 5.91 Å². The maximum Gasteiger partial charge on any atom is 0.229 e. The lowest BCUT2D eigenvalue weighted by molar-refractivity contribution is -0.119. The number of hydrogen-bond acceptors (Lipinski definition) is 5. The fourth-order valence-electron chi connectivity index (χ4n) is 2.87. The van der Waals surface area contributed by atoms with Crippen molar-refractivity contribution in [2.24, 2.45) is 5.92 Å². The Morgan fingerprint density at radius 1 is 1.41 bits per heavy atom. The molecule has 1 aromatic carbocycles. The van der Waals surface area contributed by atoms with Gasteiger partial charge in [0.1, 0.15) is 6.07 Å². The molecule has 2 aliphatic heterocycles. The van der Waals surface area contributed by atoms with E-state index in [1.807, 2.05) is 12.1 Å². The van der Waals surface area contributed by atoms with Crippen molar-refractivity contribution in [2.75, 3.05) is 49.6 Å². The minimum atomic E-state index is -0.0848. The van der Waals surface area contributed by atoms with Gasteiger partial charge in [-0.15, -0.1) is 0 Å². The molecule has 2 N–H and O–H groups in total. The van der Waals surface area contributed by atoms with Gasteiger partial charge in [0, 0.05) is 38.5 Å². The number of ether oxygens (including phenoxy) is 1. The van der Waals surface area contributed by atoms with Gasteiger partial charge in [-0.25, -0.2) is 0 Å². The lowest BCUT2D eigenvalue weighted by Crippen LogP contribution is -2.43. The van der Waals surface area contributed by atoms with Crippen LogP contribution < -0.4 is 15.5 Å². The van der Waals surface area contributed by atoms with Crippen LogP contribution in [-0.4, -0.2) is 45.3 Å². The summed E-state index contributed by atoms with van der Waals surface area (Å²) in [6.07, 6.45) is 0.760. The molecule has 1 unspecified atom stereocenters. The maximum absolute atomic E-state index is 12.1. The van der Waals surface area contributed by atoms with Gasteiger partial charge >= 0.3 is 0 Å². The van der Waals surface area contributed by atoms with Gasteiger partial charge < -0.3 is 20.3 Å². The lowest BCUT2D eigenvalue weighted by atomic mass is 10.1. The van der Waals surface area contributed by atoms with E-state index in [4.69, 9.17) is 4.74 Å². The van der Waals surface area contributed by atoms with Crippen molar-refractivity contribution in [3.8, 4) is 6.07 Å². The number of carbonyl (C=O) groups is 1. The Balaban J connectivity index is 1.73.